The van der Waals surface area contributed by atoms with E-state index in [1.165, 1.54) is 11.1 Å². The SMILES string of the molecule is CN(CC(O)C1CC1)C(=O)c1ccc(Oc2ccccc2)nc1. The second-order valence-corrected chi connectivity index (χ2v) is 5.89. The van der Waals surface area contributed by atoms with Gasteiger partial charge in [0.25, 0.3) is 5.91 Å². The van der Waals surface area contributed by atoms with Crippen molar-refractivity contribution in [2.45, 2.75) is 18.9 Å². The van der Waals surface area contributed by atoms with Crippen LogP contribution in [0.1, 0.15) is 23.2 Å². The largest absolute Gasteiger partial charge is 0.439 e. The van der Waals surface area contributed by atoms with E-state index in [9.17, 15) is 9.90 Å². The average Bonchev–Trinajstić information content (AvgIpc) is 3.41. The van der Waals surface area contributed by atoms with Gasteiger partial charge in [-0.2, -0.15) is 0 Å². The highest BCUT2D eigenvalue weighted by atomic mass is 16.5. The van der Waals surface area contributed by atoms with Crippen molar-refractivity contribution in [3.05, 3.63) is 54.2 Å². The molecule has 1 fully saturated rings. The van der Waals surface area contributed by atoms with Gasteiger partial charge < -0.3 is 14.7 Å². The lowest BCUT2D eigenvalue weighted by molar-refractivity contribution is 0.0645. The van der Waals surface area contributed by atoms with Gasteiger partial charge in [-0.1, -0.05) is 18.2 Å². The number of likely N-dealkylation sites (N-methyl/N-ethyl adjacent to an activating group) is 1. The lowest BCUT2D eigenvalue weighted by Crippen LogP contribution is -2.35. The molecule has 1 heterocycles. The van der Waals surface area contributed by atoms with Gasteiger partial charge in [-0.05, 0) is 37.0 Å². The summed E-state index contributed by atoms with van der Waals surface area (Å²) in [5.41, 5.74) is 0.482. The third kappa shape index (κ3) is 4.07. The van der Waals surface area contributed by atoms with E-state index in [1.807, 2.05) is 30.3 Å². The number of carbonyl (C=O) groups is 1. The molecule has 1 atom stereocenters. The summed E-state index contributed by atoms with van der Waals surface area (Å²) in [4.78, 5) is 18.0. The number of amides is 1. The highest BCUT2D eigenvalue weighted by molar-refractivity contribution is 5.93. The van der Waals surface area contributed by atoms with Crippen LogP contribution in [-0.4, -0.2) is 40.6 Å². The van der Waals surface area contributed by atoms with Gasteiger partial charge in [-0.3, -0.25) is 4.79 Å². The molecule has 5 heteroatoms. The fourth-order valence-electron chi connectivity index (χ4n) is 2.39. The third-order valence-corrected chi connectivity index (χ3v) is 3.92. The standard InChI is InChI=1S/C18H20N2O3/c1-20(12-16(21)13-7-8-13)18(22)14-9-10-17(19-11-14)23-15-5-3-2-4-6-15/h2-6,9-11,13,16,21H,7-8,12H2,1H3. The first-order valence-corrected chi connectivity index (χ1v) is 7.76. The Kier molecular flexibility index (Phi) is 4.57. The van der Waals surface area contributed by atoms with Crippen molar-refractivity contribution in [3.8, 4) is 11.6 Å². The van der Waals surface area contributed by atoms with Crippen LogP contribution in [0, 0.1) is 5.92 Å². The van der Waals surface area contributed by atoms with Crippen molar-refractivity contribution in [3.63, 3.8) is 0 Å². The molecule has 0 saturated heterocycles. The lowest BCUT2D eigenvalue weighted by atomic mass is 10.2. The van der Waals surface area contributed by atoms with E-state index in [0.29, 0.717) is 29.7 Å². The zero-order chi connectivity index (χ0) is 16.2. The molecule has 0 radical (unpaired) electrons. The first-order chi connectivity index (χ1) is 11.1. The van der Waals surface area contributed by atoms with Crippen LogP contribution in [0.5, 0.6) is 11.6 Å². The fourth-order valence-corrected chi connectivity index (χ4v) is 2.39. The van der Waals surface area contributed by atoms with Gasteiger partial charge in [-0.25, -0.2) is 4.98 Å². The summed E-state index contributed by atoms with van der Waals surface area (Å²) in [5, 5.41) is 9.93. The molecule has 1 aliphatic carbocycles. The summed E-state index contributed by atoms with van der Waals surface area (Å²) in [6.07, 6.45) is 3.17. The molecule has 5 nitrogen and oxygen atoms in total. The second kappa shape index (κ2) is 6.79. The van der Waals surface area contributed by atoms with E-state index < -0.39 is 6.10 Å². The molecule has 1 saturated carbocycles. The highest BCUT2D eigenvalue weighted by Crippen LogP contribution is 2.32. The highest BCUT2D eigenvalue weighted by Gasteiger charge is 2.31. The first-order valence-electron chi connectivity index (χ1n) is 7.76. The molecule has 120 valence electrons. The van der Waals surface area contributed by atoms with E-state index in [1.54, 1.807) is 19.2 Å². The number of carbonyl (C=O) groups excluding carboxylic acids is 1. The van der Waals surface area contributed by atoms with Crippen LogP contribution in [0.15, 0.2) is 48.7 Å². The van der Waals surface area contributed by atoms with E-state index in [2.05, 4.69) is 4.98 Å². The number of para-hydroxylation sites is 1. The van der Waals surface area contributed by atoms with E-state index in [4.69, 9.17) is 4.74 Å². The van der Waals surface area contributed by atoms with Crippen LogP contribution in [0.2, 0.25) is 0 Å². The van der Waals surface area contributed by atoms with Gasteiger partial charge >= 0.3 is 0 Å². The Labute approximate surface area is 135 Å². The van der Waals surface area contributed by atoms with Gasteiger partial charge in [0.1, 0.15) is 5.75 Å². The maximum absolute atomic E-state index is 12.3. The molecular formula is C18H20N2O3. The molecule has 0 aliphatic heterocycles. The maximum Gasteiger partial charge on any atom is 0.255 e. The molecule has 1 unspecified atom stereocenters. The Morgan fingerprint density at radius 2 is 2.04 bits per heavy atom. The summed E-state index contributed by atoms with van der Waals surface area (Å²) >= 11 is 0. The molecule has 3 rings (SSSR count). The number of hydrogen-bond acceptors (Lipinski definition) is 4. The zero-order valence-electron chi connectivity index (χ0n) is 13.1. The van der Waals surface area contributed by atoms with Crippen molar-refractivity contribution >= 4 is 5.91 Å². The molecule has 23 heavy (non-hydrogen) atoms. The first kappa shape index (κ1) is 15.5. The molecule has 0 spiro atoms. The fraction of sp³-hybridized carbons (Fsp3) is 0.333. The van der Waals surface area contributed by atoms with E-state index in [0.717, 1.165) is 12.8 Å². The Balaban J connectivity index is 1.60. The van der Waals surface area contributed by atoms with Crippen molar-refractivity contribution < 1.29 is 14.6 Å². The molecule has 1 aromatic carbocycles. The van der Waals surface area contributed by atoms with E-state index in [-0.39, 0.29) is 5.91 Å². The van der Waals surface area contributed by atoms with E-state index >= 15 is 0 Å². The van der Waals surface area contributed by atoms with Crippen LogP contribution >= 0.6 is 0 Å². The molecule has 1 N–H and O–H groups in total. The van der Waals surface area contributed by atoms with Crippen LogP contribution < -0.4 is 4.74 Å². The van der Waals surface area contributed by atoms with Crippen LogP contribution in [0.3, 0.4) is 0 Å². The summed E-state index contributed by atoms with van der Waals surface area (Å²) in [5.74, 6) is 1.34. The summed E-state index contributed by atoms with van der Waals surface area (Å²) in [7, 11) is 1.70. The number of hydrogen-bond donors (Lipinski definition) is 1. The molecular weight excluding hydrogens is 292 g/mol. The number of aliphatic hydroxyl groups is 1. The van der Waals surface area contributed by atoms with Crippen molar-refractivity contribution in [1.29, 1.82) is 0 Å². The number of ether oxygens (including phenoxy) is 1. The molecule has 0 bridgehead atoms. The number of benzene rings is 1. The average molecular weight is 312 g/mol. The number of pyridine rings is 1. The smallest absolute Gasteiger partial charge is 0.255 e. The molecule has 1 amide bonds. The van der Waals surface area contributed by atoms with Crippen molar-refractivity contribution in [1.82, 2.24) is 9.88 Å². The van der Waals surface area contributed by atoms with Gasteiger partial charge in [0.05, 0.1) is 11.7 Å². The van der Waals surface area contributed by atoms with Gasteiger partial charge in [0.15, 0.2) is 0 Å². The third-order valence-electron chi connectivity index (χ3n) is 3.92. The second-order valence-electron chi connectivity index (χ2n) is 5.89. The van der Waals surface area contributed by atoms with Crippen LogP contribution in [0.4, 0.5) is 0 Å². The predicted molar refractivity (Wildman–Crippen MR) is 86.4 cm³/mol. The topological polar surface area (TPSA) is 62.7 Å². The minimum Gasteiger partial charge on any atom is -0.439 e. The summed E-state index contributed by atoms with van der Waals surface area (Å²) < 4.78 is 5.60. The molecule has 2 aromatic rings. The van der Waals surface area contributed by atoms with Gasteiger partial charge in [0.2, 0.25) is 5.88 Å². The number of rotatable bonds is 6. The summed E-state index contributed by atoms with van der Waals surface area (Å²) in [6, 6.07) is 12.7. The number of aromatic nitrogens is 1. The normalized spacial score (nSPS) is 15.0. The number of aliphatic hydroxyl groups excluding tert-OH is 1. The molecule has 1 aliphatic rings. The van der Waals surface area contributed by atoms with Crippen molar-refractivity contribution in [2.75, 3.05) is 13.6 Å². The minimum absolute atomic E-state index is 0.150. The quantitative estimate of drug-likeness (QED) is 0.891. The van der Waals surface area contributed by atoms with Gasteiger partial charge in [0, 0.05) is 25.9 Å². The van der Waals surface area contributed by atoms with Crippen LogP contribution in [0.25, 0.3) is 0 Å². The lowest BCUT2D eigenvalue weighted by Gasteiger charge is -2.20. The Morgan fingerprint density at radius 3 is 2.65 bits per heavy atom. The minimum atomic E-state index is -0.433. The maximum atomic E-state index is 12.3. The number of nitrogens with zero attached hydrogens (tertiary/aromatic N) is 2. The Morgan fingerprint density at radius 1 is 1.30 bits per heavy atom. The van der Waals surface area contributed by atoms with Crippen molar-refractivity contribution in [2.24, 2.45) is 5.92 Å². The zero-order valence-corrected chi connectivity index (χ0v) is 13.1. The monoisotopic (exact) mass is 312 g/mol. The predicted octanol–water partition coefficient (Wildman–Crippen LogP) is 2.72. The Hall–Kier alpha value is -2.40. The Bertz CT molecular complexity index is 654. The molecule has 1 aromatic heterocycles. The van der Waals surface area contributed by atoms with Gasteiger partial charge in [-0.15, -0.1) is 0 Å². The summed E-state index contributed by atoms with van der Waals surface area (Å²) in [6.45, 7) is 0.353. The van der Waals surface area contributed by atoms with Crippen LogP contribution in [-0.2, 0) is 0 Å².